The number of hydrogen-bond donors (Lipinski definition) is 0. The Morgan fingerprint density at radius 1 is 0.314 bits per heavy atom. The molecule has 0 aliphatic carbocycles. The number of para-hydroxylation sites is 4. The molecule has 0 bridgehead atoms. The Morgan fingerprint density at radius 2 is 0.571 bits per heavy atom. The average molecular weight is 493 g/mol. The first-order valence-electron chi connectivity index (χ1n) is 12.0. The summed E-state index contributed by atoms with van der Waals surface area (Å²) in [4.78, 5) is 0. The third-order valence-corrected chi connectivity index (χ3v) is 4.75. The summed E-state index contributed by atoms with van der Waals surface area (Å²) in [5.41, 5.74) is 0. The number of fused-ring (bicyclic) bond motifs is 2. The predicted molar refractivity (Wildman–Crippen MR) is 129 cm³/mol. The lowest BCUT2D eigenvalue weighted by molar-refractivity contribution is -0.0187. The van der Waals surface area contributed by atoms with Gasteiger partial charge in [0.25, 0.3) is 0 Å². The molecule has 2 aromatic carbocycles. The minimum atomic E-state index is 0.392. The van der Waals surface area contributed by atoms with Crippen LogP contribution < -0.4 is 14.2 Å². The van der Waals surface area contributed by atoms with Gasteiger partial charge >= 0.3 is 0 Å². The predicted octanol–water partition coefficient (Wildman–Crippen LogP) is 3.35. The van der Waals surface area contributed by atoms with Crippen LogP contribution in [0.25, 0.3) is 0 Å². The van der Waals surface area contributed by atoms with Crippen molar-refractivity contribution in [1.82, 2.24) is 0 Å². The first-order chi connectivity index (χ1) is 17.4. The van der Waals surface area contributed by atoms with Crippen LogP contribution in [0.15, 0.2) is 48.5 Å². The van der Waals surface area contributed by atoms with Gasteiger partial charge in [0, 0.05) is 0 Å². The van der Waals surface area contributed by atoms with Crippen molar-refractivity contribution < 1.29 is 42.6 Å². The van der Waals surface area contributed by atoms with E-state index in [0.29, 0.717) is 115 Å². The van der Waals surface area contributed by atoms with Crippen LogP contribution in [0.3, 0.4) is 0 Å². The second kappa shape index (κ2) is 18.0. The second-order valence-corrected chi connectivity index (χ2v) is 7.37. The molecule has 0 saturated carbocycles. The Kier molecular flexibility index (Phi) is 13.9. The summed E-state index contributed by atoms with van der Waals surface area (Å²) in [5.74, 6) is 2.45. The van der Waals surface area contributed by atoms with Gasteiger partial charge in [-0.2, -0.15) is 0 Å². The summed E-state index contributed by atoms with van der Waals surface area (Å²) in [7, 11) is 0. The topological polar surface area (TPSA) is 83.1 Å². The molecule has 1 heterocycles. The summed E-state index contributed by atoms with van der Waals surface area (Å²) in [5, 5.41) is 0. The molecule has 9 nitrogen and oxygen atoms in total. The number of hydrogen-bond acceptors (Lipinski definition) is 9. The highest BCUT2D eigenvalue weighted by molar-refractivity contribution is 5.47. The van der Waals surface area contributed by atoms with Crippen molar-refractivity contribution in [3.63, 3.8) is 0 Å². The number of rotatable bonds is 0. The molecule has 2 aromatic rings. The van der Waals surface area contributed by atoms with Gasteiger partial charge in [-0.3, -0.25) is 0 Å². The van der Waals surface area contributed by atoms with Gasteiger partial charge in [0.05, 0.1) is 79.3 Å². The molecule has 0 aromatic heterocycles. The summed E-state index contributed by atoms with van der Waals surface area (Å²) in [6.07, 6.45) is 0. The number of benzene rings is 2. The highest BCUT2D eigenvalue weighted by Crippen LogP contribution is 2.36. The van der Waals surface area contributed by atoms with Crippen LogP contribution in [0, 0.1) is 0 Å². The quantitative estimate of drug-likeness (QED) is 0.550. The Labute approximate surface area is 207 Å². The van der Waals surface area contributed by atoms with E-state index in [2.05, 4.69) is 0 Å². The molecule has 0 N–H and O–H groups in total. The fraction of sp³-hybridized carbons (Fsp3) is 0.538. The van der Waals surface area contributed by atoms with Gasteiger partial charge in [-0.1, -0.05) is 24.3 Å². The summed E-state index contributed by atoms with van der Waals surface area (Å²) < 4.78 is 51.0. The van der Waals surface area contributed by atoms with E-state index >= 15 is 0 Å². The van der Waals surface area contributed by atoms with Gasteiger partial charge in [-0.05, 0) is 24.3 Å². The molecule has 0 radical (unpaired) electrons. The summed E-state index contributed by atoms with van der Waals surface area (Å²) in [6, 6.07) is 15.0. The fourth-order valence-corrected chi connectivity index (χ4v) is 3.05. The first-order valence-corrected chi connectivity index (χ1v) is 12.0. The largest absolute Gasteiger partial charge is 0.487 e. The zero-order valence-electron chi connectivity index (χ0n) is 20.2. The molecule has 1 aliphatic heterocycles. The normalized spacial score (nSPS) is 19.0. The van der Waals surface area contributed by atoms with Gasteiger partial charge in [0.1, 0.15) is 13.2 Å². The van der Waals surface area contributed by atoms with E-state index < -0.39 is 0 Å². The molecule has 9 heteroatoms. The summed E-state index contributed by atoms with van der Waals surface area (Å²) >= 11 is 0. The van der Waals surface area contributed by atoms with Gasteiger partial charge in [0.15, 0.2) is 23.0 Å². The van der Waals surface area contributed by atoms with Crippen LogP contribution in [0.2, 0.25) is 0 Å². The second-order valence-electron chi connectivity index (χ2n) is 7.37. The molecule has 3 rings (SSSR count). The van der Waals surface area contributed by atoms with E-state index in [-0.39, 0.29) is 0 Å². The van der Waals surface area contributed by atoms with Gasteiger partial charge < -0.3 is 42.6 Å². The van der Waals surface area contributed by atoms with E-state index in [4.69, 9.17) is 42.6 Å². The van der Waals surface area contributed by atoms with Crippen LogP contribution in [-0.4, -0.2) is 92.5 Å². The van der Waals surface area contributed by atoms with Crippen molar-refractivity contribution >= 4 is 0 Å². The lowest BCUT2D eigenvalue weighted by atomic mass is 10.3. The maximum atomic E-state index is 6.12. The maximum Gasteiger partial charge on any atom is 0.169 e. The van der Waals surface area contributed by atoms with Crippen LogP contribution >= 0.6 is 0 Å². The van der Waals surface area contributed by atoms with Crippen molar-refractivity contribution in [3.8, 4) is 23.0 Å². The average Bonchev–Trinajstić information content (AvgIpc) is 2.88. The molecule has 0 atom stereocenters. The van der Waals surface area contributed by atoms with E-state index in [1.807, 2.05) is 48.5 Å². The van der Waals surface area contributed by atoms with Gasteiger partial charge in [-0.25, -0.2) is 0 Å². The van der Waals surface area contributed by atoms with Crippen molar-refractivity contribution in [2.75, 3.05) is 92.5 Å². The molecule has 35 heavy (non-hydrogen) atoms. The third-order valence-electron chi connectivity index (χ3n) is 4.75. The van der Waals surface area contributed by atoms with Crippen LogP contribution in [0.4, 0.5) is 0 Å². The van der Waals surface area contributed by atoms with E-state index in [1.54, 1.807) is 0 Å². The fourth-order valence-electron chi connectivity index (χ4n) is 3.05. The molecule has 0 amide bonds. The minimum Gasteiger partial charge on any atom is -0.487 e. The maximum absolute atomic E-state index is 6.12. The molecule has 0 spiro atoms. The summed E-state index contributed by atoms with van der Waals surface area (Å²) in [6.45, 7) is 6.73. The molecular formula is C26H36O9. The highest BCUT2D eigenvalue weighted by Gasteiger charge is 2.10. The van der Waals surface area contributed by atoms with E-state index in [1.165, 1.54) is 0 Å². The Bertz CT molecular complexity index is 736. The molecule has 0 saturated heterocycles. The molecule has 0 unspecified atom stereocenters. The van der Waals surface area contributed by atoms with Crippen molar-refractivity contribution in [3.05, 3.63) is 48.5 Å². The Morgan fingerprint density at radius 3 is 0.886 bits per heavy atom. The lowest BCUT2D eigenvalue weighted by Gasteiger charge is -2.15. The molecular weight excluding hydrogens is 456 g/mol. The standard InChI is InChI=1S/C26H36O9/c1-3-7-25-23(5-1)33-21-19-31-17-15-29-13-11-27-9-10-28-12-14-30-16-18-32-20-22-34-24-6-2-4-8-26(24)35-25/h1-8H,9-22H2. The number of ether oxygens (including phenoxy) is 9. The monoisotopic (exact) mass is 492 g/mol. The molecule has 0 fully saturated rings. The highest BCUT2D eigenvalue weighted by atomic mass is 16.6. The Hall–Kier alpha value is -2.40. The third kappa shape index (κ3) is 11.7. The molecule has 194 valence electrons. The van der Waals surface area contributed by atoms with E-state index in [0.717, 1.165) is 0 Å². The minimum absolute atomic E-state index is 0.392. The van der Waals surface area contributed by atoms with Crippen molar-refractivity contribution in [1.29, 1.82) is 0 Å². The Balaban J connectivity index is 1.50. The van der Waals surface area contributed by atoms with Gasteiger partial charge in [-0.15, -0.1) is 0 Å². The zero-order chi connectivity index (χ0) is 24.2. The SMILES string of the molecule is c1ccc2c(c1)OCCOCCOCCOCCOCCOCCOCCOc1ccccc1O2. The van der Waals surface area contributed by atoms with Crippen molar-refractivity contribution in [2.24, 2.45) is 0 Å². The zero-order valence-corrected chi connectivity index (χ0v) is 20.2. The van der Waals surface area contributed by atoms with Crippen LogP contribution in [0.1, 0.15) is 0 Å². The van der Waals surface area contributed by atoms with Crippen LogP contribution in [0.5, 0.6) is 23.0 Å². The van der Waals surface area contributed by atoms with E-state index in [9.17, 15) is 0 Å². The van der Waals surface area contributed by atoms with Crippen molar-refractivity contribution in [2.45, 2.75) is 0 Å². The van der Waals surface area contributed by atoms with Gasteiger partial charge in [0.2, 0.25) is 0 Å². The first kappa shape index (κ1) is 27.2. The molecule has 1 aliphatic rings. The van der Waals surface area contributed by atoms with Crippen LogP contribution in [-0.2, 0) is 28.4 Å². The smallest absolute Gasteiger partial charge is 0.169 e. The lowest BCUT2D eigenvalue weighted by Crippen LogP contribution is -2.15.